The van der Waals surface area contributed by atoms with Crippen molar-refractivity contribution in [3.05, 3.63) is 62.1 Å². The van der Waals surface area contributed by atoms with E-state index in [0.717, 1.165) is 10.6 Å². The predicted molar refractivity (Wildman–Crippen MR) is 138 cm³/mol. The van der Waals surface area contributed by atoms with Crippen LogP contribution in [0.5, 0.6) is 0 Å². The Hall–Kier alpha value is -1.71. The predicted octanol–water partition coefficient (Wildman–Crippen LogP) is 5.01. The van der Waals surface area contributed by atoms with Crippen LogP contribution in [0.2, 0.25) is 20.1 Å². The molecule has 7 nitrogen and oxygen atoms in total. The molecule has 2 rings (SSSR count). The third kappa shape index (κ3) is 7.65. The molecule has 0 aromatic heterocycles. The lowest BCUT2D eigenvalue weighted by Crippen LogP contribution is -2.52. The molecule has 0 fully saturated rings. The molecule has 0 spiro atoms. The van der Waals surface area contributed by atoms with E-state index in [2.05, 4.69) is 5.32 Å². The smallest absolute Gasteiger partial charge is 0.244 e. The highest BCUT2D eigenvalue weighted by Crippen LogP contribution is 2.35. The summed E-state index contributed by atoms with van der Waals surface area (Å²) in [6.45, 7) is 4.61. The molecule has 0 aliphatic heterocycles. The number of carbonyl (C=O) groups excluding carboxylic acids is 2. The number of rotatable bonds is 9. The summed E-state index contributed by atoms with van der Waals surface area (Å²) in [5.74, 6) is -0.996. The highest BCUT2D eigenvalue weighted by Gasteiger charge is 2.31. The van der Waals surface area contributed by atoms with Crippen molar-refractivity contribution in [2.75, 3.05) is 17.1 Å². The lowest BCUT2D eigenvalue weighted by atomic mass is 10.1. The molecule has 0 heterocycles. The van der Waals surface area contributed by atoms with Gasteiger partial charge in [0.1, 0.15) is 12.6 Å². The third-order valence-electron chi connectivity index (χ3n) is 4.80. The van der Waals surface area contributed by atoms with Crippen molar-refractivity contribution < 1.29 is 18.0 Å². The summed E-state index contributed by atoms with van der Waals surface area (Å²) >= 11 is 24.2. The van der Waals surface area contributed by atoms with Crippen LogP contribution in [0, 0.1) is 0 Å². The first-order valence-corrected chi connectivity index (χ1v) is 13.5. The fraction of sp³-hybridized carbons (Fsp3) is 0.364. The van der Waals surface area contributed by atoms with Crippen molar-refractivity contribution in [3.8, 4) is 0 Å². The van der Waals surface area contributed by atoms with E-state index < -0.39 is 28.5 Å². The van der Waals surface area contributed by atoms with Gasteiger partial charge in [-0.3, -0.25) is 13.9 Å². The zero-order valence-electron chi connectivity index (χ0n) is 19.0. The maximum Gasteiger partial charge on any atom is 0.244 e. The molecule has 34 heavy (non-hydrogen) atoms. The Kier molecular flexibility index (Phi) is 9.91. The lowest BCUT2D eigenvalue weighted by Gasteiger charge is -2.32. The van der Waals surface area contributed by atoms with Crippen LogP contribution in [0.1, 0.15) is 26.3 Å². The third-order valence-corrected chi connectivity index (χ3v) is 7.21. The van der Waals surface area contributed by atoms with E-state index in [1.165, 1.54) is 17.0 Å². The minimum Gasteiger partial charge on any atom is -0.352 e. The zero-order valence-corrected chi connectivity index (χ0v) is 22.8. The van der Waals surface area contributed by atoms with Crippen molar-refractivity contribution in [1.29, 1.82) is 0 Å². The molecule has 2 aromatic carbocycles. The second kappa shape index (κ2) is 11.8. The lowest BCUT2D eigenvalue weighted by molar-refractivity contribution is -0.139. The molecule has 0 saturated heterocycles. The zero-order chi connectivity index (χ0) is 25.8. The number of anilines is 1. The summed E-state index contributed by atoms with van der Waals surface area (Å²) in [5, 5.41) is 3.50. The number of nitrogens with one attached hydrogen (secondary N) is 1. The van der Waals surface area contributed by atoms with Crippen molar-refractivity contribution in [2.45, 2.75) is 39.4 Å². The van der Waals surface area contributed by atoms with Gasteiger partial charge in [0.2, 0.25) is 21.8 Å². The van der Waals surface area contributed by atoms with Gasteiger partial charge in [-0.25, -0.2) is 8.42 Å². The van der Waals surface area contributed by atoms with Gasteiger partial charge in [-0.15, -0.1) is 0 Å². The Morgan fingerprint density at radius 2 is 1.50 bits per heavy atom. The molecule has 0 aliphatic carbocycles. The number of benzene rings is 2. The summed E-state index contributed by atoms with van der Waals surface area (Å²) < 4.78 is 26.1. The van der Waals surface area contributed by atoms with Crippen molar-refractivity contribution >= 4 is 73.9 Å². The summed E-state index contributed by atoms with van der Waals surface area (Å²) in [6.07, 6.45) is 0.942. The second-order valence-electron chi connectivity index (χ2n) is 7.97. The molecular formula is C22H25Cl4N3O4S. The van der Waals surface area contributed by atoms with E-state index in [1.54, 1.807) is 45.0 Å². The number of amides is 2. The number of sulfonamides is 1. The Morgan fingerprint density at radius 3 is 2.03 bits per heavy atom. The van der Waals surface area contributed by atoms with Gasteiger partial charge >= 0.3 is 0 Å². The molecule has 1 N–H and O–H groups in total. The first kappa shape index (κ1) is 28.5. The SMILES string of the molecule is CC(C)NC(=O)C(C)N(Cc1ccc(Cl)cc1)C(=O)CN(c1cc(Cl)c(Cl)cc1Cl)S(C)(=O)=O. The number of hydrogen-bond donors (Lipinski definition) is 1. The molecular weight excluding hydrogens is 544 g/mol. The van der Waals surface area contributed by atoms with E-state index >= 15 is 0 Å². The molecule has 1 unspecified atom stereocenters. The van der Waals surface area contributed by atoms with Gasteiger partial charge in [0.05, 0.1) is 27.0 Å². The van der Waals surface area contributed by atoms with Crippen LogP contribution in [-0.2, 0) is 26.2 Å². The van der Waals surface area contributed by atoms with Crippen LogP contribution in [0.25, 0.3) is 0 Å². The van der Waals surface area contributed by atoms with Gasteiger partial charge in [-0.2, -0.15) is 0 Å². The monoisotopic (exact) mass is 567 g/mol. The molecule has 0 bridgehead atoms. The van der Waals surface area contributed by atoms with Gasteiger partial charge in [-0.1, -0.05) is 58.5 Å². The van der Waals surface area contributed by atoms with E-state index in [1.807, 2.05) is 0 Å². The summed E-state index contributed by atoms with van der Waals surface area (Å²) in [7, 11) is -3.96. The highest BCUT2D eigenvalue weighted by atomic mass is 35.5. The second-order valence-corrected chi connectivity index (χ2v) is 11.5. The number of carbonyl (C=O) groups is 2. The summed E-state index contributed by atoms with van der Waals surface area (Å²) in [4.78, 5) is 27.5. The molecule has 0 saturated carbocycles. The van der Waals surface area contributed by atoms with Crippen LogP contribution < -0.4 is 9.62 Å². The molecule has 2 aromatic rings. The Morgan fingerprint density at radius 1 is 0.941 bits per heavy atom. The van der Waals surface area contributed by atoms with Gasteiger partial charge in [-0.05, 0) is 50.6 Å². The van der Waals surface area contributed by atoms with E-state index in [-0.39, 0.29) is 39.2 Å². The maximum absolute atomic E-state index is 13.5. The fourth-order valence-corrected chi connectivity index (χ4v) is 4.74. The highest BCUT2D eigenvalue weighted by molar-refractivity contribution is 7.92. The maximum atomic E-state index is 13.5. The largest absolute Gasteiger partial charge is 0.352 e. The van der Waals surface area contributed by atoms with E-state index in [9.17, 15) is 18.0 Å². The Labute approximate surface area is 220 Å². The van der Waals surface area contributed by atoms with Crippen molar-refractivity contribution in [2.24, 2.45) is 0 Å². The van der Waals surface area contributed by atoms with Crippen LogP contribution in [0.3, 0.4) is 0 Å². The van der Waals surface area contributed by atoms with E-state index in [0.29, 0.717) is 10.6 Å². The van der Waals surface area contributed by atoms with Crippen molar-refractivity contribution in [3.63, 3.8) is 0 Å². The summed E-state index contributed by atoms with van der Waals surface area (Å²) in [5.41, 5.74) is 0.707. The molecule has 0 radical (unpaired) electrons. The van der Waals surface area contributed by atoms with Crippen LogP contribution in [0.15, 0.2) is 36.4 Å². The van der Waals surface area contributed by atoms with Crippen molar-refractivity contribution in [1.82, 2.24) is 10.2 Å². The van der Waals surface area contributed by atoms with E-state index in [4.69, 9.17) is 46.4 Å². The van der Waals surface area contributed by atoms with Crippen LogP contribution in [0.4, 0.5) is 5.69 Å². The standard InChI is InChI=1S/C22H25Cl4N3O4S/c1-13(2)27-22(31)14(3)28(11-15-5-7-16(23)8-6-15)21(30)12-29(34(4,32)33)20-10-18(25)17(24)9-19(20)26/h5-10,13-14H,11-12H2,1-4H3,(H,27,31). The minimum absolute atomic E-state index is 0.00218. The fourth-order valence-electron chi connectivity index (χ4n) is 3.07. The molecule has 1 atom stereocenters. The van der Waals surface area contributed by atoms with Gasteiger partial charge in [0, 0.05) is 17.6 Å². The van der Waals surface area contributed by atoms with Crippen LogP contribution in [-0.4, -0.2) is 50.0 Å². The summed E-state index contributed by atoms with van der Waals surface area (Å²) in [6, 6.07) is 8.31. The Bertz CT molecular complexity index is 1160. The van der Waals surface area contributed by atoms with Gasteiger partial charge in [0.15, 0.2) is 0 Å². The first-order chi connectivity index (χ1) is 15.7. The average Bonchev–Trinajstić information content (AvgIpc) is 2.72. The number of halogens is 4. The van der Waals surface area contributed by atoms with Crippen LogP contribution >= 0.6 is 46.4 Å². The number of nitrogens with zero attached hydrogens (tertiary/aromatic N) is 2. The molecule has 186 valence electrons. The molecule has 0 aliphatic rings. The Balaban J connectivity index is 2.45. The molecule has 12 heteroatoms. The first-order valence-electron chi connectivity index (χ1n) is 10.2. The average molecular weight is 569 g/mol. The molecule has 2 amide bonds. The topological polar surface area (TPSA) is 86.8 Å². The number of hydrogen-bond acceptors (Lipinski definition) is 4. The van der Waals surface area contributed by atoms with Gasteiger partial charge in [0.25, 0.3) is 0 Å². The quantitative estimate of drug-likeness (QED) is 0.431. The minimum atomic E-state index is -3.96. The normalized spacial score (nSPS) is 12.4. The van der Waals surface area contributed by atoms with Gasteiger partial charge < -0.3 is 10.2 Å².